The molecule has 39 heavy (non-hydrogen) atoms. The molecular formula is C31H41N3O3S2. The van der Waals surface area contributed by atoms with Gasteiger partial charge in [-0.05, 0) is 78.5 Å². The first kappa shape index (κ1) is 29.5. The molecule has 4 rings (SSSR count). The van der Waals surface area contributed by atoms with Crippen LogP contribution in [-0.2, 0) is 33.3 Å². The lowest BCUT2D eigenvalue weighted by Crippen LogP contribution is -2.45. The summed E-state index contributed by atoms with van der Waals surface area (Å²) in [5.74, 6) is -0.192. The number of rotatable bonds is 11. The Bertz CT molecular complexity index is 1320. The van der Waals surface area contributed by atoms with E-state index in [1.165, 1.54) is 4.31 Å². The van der Waals surface area contributed by atoms with Crippen molar-refractivity contribution in [3.8, 4) is 0 Å². The molecule has 6 nitrogen and oxygen atoms in total. The van der Waals surface area contributed by atoms with Gasteiger partial charge in [0.2, 0.25) is 15.9 Å². The number of sulfonamides is 1. The highest BCUT2D eigenvalue weighted by atomic mass is 32.2. The van der Waals surface area contributed by atoms with Crippen LogP contribution >= 0.6 is 11.3 Å². The van der Waals surface area contributed by atoms with Crippen LogP contribution < -0.4 is 0 Å². The van der Waals surface area contributed by atoms with E-state index >= 15 is 0 Å². The molecule has 1 fully saturated rings. The van der Waals surface area contributed by atoms with Crippen LogP contribution in [0.15, 0.2) is 70.9 Å². The quantitative estimate of drug-likeness (QED) is 0.300. The fourth-order valence-corrected chi connectivity index (χ4v) is 7.15. The normalized spacial score (nSPS) is 14.7. The van der Waals surface area contributed by atoms with E-state index in [0.29, 0.717) is 19.6 Å². The summed E-state index contributed by atoms with van der Waals surface area (Å²) in [6, 6.07) is 19.1. The molecule has 0 aliphatic carbocycles. The van der Waals surface area contributed by atoms with Gasteiger partial charge < -0.3 is 9.80 Å². The van der Waals surface area contributed by atoms with Crippen molar-refractivity contribution in [3.05, 3.63) is 87.6 Å². The van der Waals surface area contributed by atoms with Gasteiger partial charge in [0.15, 0.2) is 0 Å². The average molecular weight is 568 g/mol. The number of benzene rings is 2. The minimum atomic E-state index is -3.86. The van der Waals surface area contributed by atoms with Crippen LogP contribution in [0.25, 0.3) is 0 Å². The Hall–Kier alpha value is -2.52. The second-order valence-electron chi connectivity index (χ2n) is 11.4. The molecule has 0 atom stereocenters. The SMILES string of the molecule is Cc1ccsc1CN(Cc1ccccc1)C(=O)CN(CCN1CCCC1)S(=O)(=O)c1ccc(C(C)(C)C)cc1. The van der Waals surface area contributed by atoms with Crippen LogP contribution in [0.4, 0.5) is 0 Å². The van der Waals surface area contributed by atoms with Crippen LogP contribution in [0.2, 0.25) is 0 Å². The largest absolute Gasteiger partial charge is 0.332 e. The zero-order chi connectivity index (χ0) is 28.0. The summed E-state index contributed by atoms with van der Waals surface area (Å²) in [6.07, 6.45) is 2.26. The lowest BCUT2D eigenvalue weighted by Gasteiger charge is -2.29. The van der Waals surface area contributed by atoms with Crippen molar-refractivity contribution in [1.82, 2.24) is 14.1 Å². The smallest absolute Gasteiger partial charge is 0.243 e. The van der Waals surface area contributed by atoms with E-state index in [9.17, 15) is 13.2 Å². The van der Waals surface area contributed by atoms with Gasteiger partial charge in [0.1, 0.15) is 0 Å². The molecule has 1 saturated heterocycles. The van der Waals surface area contributed by atoms with Gasteiger partial charge >= 0.3 is 0 Å². The van der Waals surface area contributed by atoms with Gasteiger partial charge in [-0.2, -0.15) is 4.31 Å². The Morgan fingerprint density at radius 2 is 1.62 bits per heavy atom. The van der Waals surface area contributed by atoms with Gasteiger partial charge in [0.25, 0.3) is 0 Å². The van der Waals surface area contributed by atoms with Gasteiger partial charge in [-0.1, -0.05) is 63.2 Å². The second kappa shape index (κ2) is 12.8. The van der Waals surface area contributed by atoms with Gasteiger partial charge in [0.05, 0.1) is 18.0 Å². The van der Waals surface area contributed by atoms with E-state index in [1.807, 2.05) is 54.8 Å². The number of amides is 1. The molecule has 2 aromatic carbocycles. The van der Waals surface area contributed by atoms with Crippen LogP contribution in [0.1, 0.15) is 55.2 Å². The van der Waals surface area contributed by atoms with Gasteiger partial charge in [-0.25, -0.2) is 8.42 Å². The number of nitrogens with zero attached hydrogens (tertiary/aromatic N) is 3. The van der Waals surface area contributed by atoms with Gasteiger partial charge in [-0.3, -0.25) is 4.79 Å². The van der Waals surface area contributed by atoms with Crippen molar-refractivity contribution in [2.24, 2.45) is 0 Å². The average Bonchev–Trinajstić information content (AvgIpc) is 3.58. The molecule has 210 valence electrons. The Kier molecular flexibility index (Phi) is 9.64. The third-order valence-corrected chi connectivity index (χ3v) is 10.3. The molecule has 0 spiro atoms. The topological polar surface area (TPSA) is 60.9 Å². The molecule has 1 amide bonds. The molecule has 0 saturated carbocycles. The van der Waals surface area contributed by atoms with Gasteiger partial charge in [0, 0.05) is 24.5 Å². The maximum atomic E-state index is 13.9. The molecule has 1 aliphatic rings. The first-order valence-electron chi connectivity index (χ1n) is 13.7. The molecule has 1 aliphatic heterocycles. The van der Waals surface area contributed by atoms with Crippen LogP contribution in [-0.4, -0.2) is 61.2 Å². The van der Waals surface area contributed by atoms with Crippen molar-refractivity contribution in [1.29, 1.82) is 0 Å². The summed E-state index contributed by atoms with van der Waals surface area (Å²) < 4.78 is 29.2. The highest BCUT2D eigenvalue weighted by molar-refractivity contribution is 7.89. The summed E-state index contributed by atoms with van der Waals surface area (Å²) in [4.78, 5) is 19.3. The molecule has 8 heteroatoms. The maximum Gasteiger partial charge on any atom is 0.243 e. The Morgan fingerprint density at radius 1 is 0.949 bits per heavy atom. The monoisotopic (exact) mass is 567 g/mol. The van der Waals surface area contributed by atoms with E-state index in [-0.39, 0.29) is 29.3 Å². The summed E-state index contributed by atoms with van der Waals surface area (Å²) in [7, 11) is -3.86. The molecule has 0 unspecified atom stereocenters. The van der Waals surface area contributed by atoms with E-state index in [0.717, 1.165) is 47.5 Å². The van der Waals surface area contributed by atoms with Crippen molar-refractivity contribution in [2.45, 2.75) is 63.9 Å². The molecular weight excluding hydrogens is 526 g/mol. The second-order valence-corrected chi connectivity index (χ2v) is 14.4. The zero-order valence-corrected chi connectivity index (χ0v) is 25.2. The fraction of sp³-hybridized carbons (Fsp3) is 0.452. The van der Waals surface area contributed by atoms with E-state index in [4.69, 9.17) is 0 Å². The van der Waals surface area contributed by atoms with E-state index in [1.54, 1.807) is 28.4 Å². The number of carbonyl (C=O) groups is 1. The molecule has 1 aromatic heterocycles. The molecule has 2 heterocycles. The Morgan fingerprint density at radius 3 is 2.21 bits per heavy atom. The highest BCUT2D eigenvalue weighted by Gasteiger charge is 2.30. The van der Waals surface area contributed by atoms with Crippen molar-refractivity contribution < 1.29 is 13.2 Å². The number of likely N-dealkylation sites (tertiary alicyclic amines) is 1. The lowest BCUT2D eigenvalue weighted by atomic mass is 9.87. The molecule has 3 aromatic rings. The summed E-state index contributed by atoms with van der Waals surface area (Å²) in [6.45, 7) is 11.9. The third kappa shape index (κ3) is 7.78. The van der Waals surface area contributed by atoms with Crippen LogP contribution in [0.5, 0.6) is 0 Å². The van der Waals surface area contributed by atoms with Crippen molar-refractivity contribution in [3.63, 3.8) is 0 Å². The first-order chi connectivity index (χ1) is 18.5. The van der Waals surface area contributed by atoms with Crippen LogP contribution in [0.3, 0.4) is 0 Å². The predicted octanol–water partition coefficient (Wildman–Crippen LogP) is 5.67. The van der Waals surface area contributed by atoms with Crippen molar-refractivity contribution in [2.75, 3.05) is 32.7 Å². The summed E-state index contributed by atoms with van der Waals surface area (Å²) in [5.41, 5.74) is 3.15. The lowest BCUT2D eigenvalue weighted by molar-refractivity contribution is -0.132. The first-order valence-corrected chi connectivity index (χ1v) is 16.0. The number of aryl methyl sites for hydroxylation is 1. The standard InChI is InChI=1S/C31H41N3O3S2/c1-25-16-21-38-29(25)23-33(22-26-10-6-5-7-11-26)30(35)24-34(20-19-32-17-8-9-18-32)39(36,37)28-14-12-27(13-15-28)31(2,3)4/h5-7,10-16,21H,8-9,17-20,22-24H2,1-4H3. The third-order valence-electron chi connectivity index (χ3n) is 7.41. The Balaban J connectivity index is 1.60. The minimum Gasteiger partial charge on any atom is -0.332 e. The molecule has 0 N–H and O–H groups in total. The summed E-state index contributed by atoms with van der Waals surface area (Å²) in [5, 5.41) is 2.03. The maximum absolute atomic E-state index is 13.9. The molecule has 0 radical (unpaired) electrons. The van der Waals surface area contributed by atoms with Crippen molar-refractivity contribution >= 4 is 27.3 Å². The van der Waals surface area contributed by atoms with E-state index in [2.05, 4.69) is 31.7 Å². The van der Waals surface area contributed by atoms with E-state index < -0.39 is 10.0 Å². The molecule has 0 bridgehead atoms. The number of hydrogen-bond acceptors (Lipinski definition) is 5. The van der Waals surface area contributed by atoms with Crippen LogP contribution in [0, 0.1) is 6.92 Å². The number of thiophene rings is 1. The van der Waals surface area contributed by atoms with Gasteiger partial charge in [-0.15, -0.1) is 11.3 Å². The number of hydrogen-bond donors (Lipinski definition) is 0. The minimum absolute atomic E-state index is 0.0778. The zero-order valence-electron chi connectivity index (χ0n) is 23.6. The fourth-order valence-electron chi connectivity index (χ4n) is 4.85. The highest BCUT2D eigenvalue weighted by Crippen LogP contribution is 2.25. The Labute approximate surface area is 238 Å². The number of carbonyl (C=O) groups excluding carboxylic acids is 1. The summed E-state index contributed by atoms with van der Waals surface area (Å²) >= 11 is 1.63. The predicted molar refractivity (Wildman–Crippen MR) is 159 cm³/mol.